The number of fused-ring (bicyclic) bond motifs is 1. The highest BCUT2D eigenvalue weighted by atomic mass is 35.5. The van der Waals surface area contributed by atoms with E-state index in [2.05, 4.69) is 23.2 Å². The lowest BCUT2D eigenvalue weighted by Gasteiger charge is -2.35. The lowest BCUT2D eigenvalue weighted by atomic mass is 10.1. The second-order valence-corrected chi connectivity index (χ2v) is 9.68. The molecule has 6 rings (SSSR count). The van der Waals surface area contributed by atoms with Gasteiger partial charge in [0.15, 0.2) is 5.65 Å². The van der Waals surface area contributed by atoms with E-state index in [0.29, 0.717) is 31.2 Å². The summed E-state index contributed by atoms with van der Waals surface area (Å²) >= 11 is 6.60. The van der Waals surface area contributed by atoms with Crippen molar-refractivity contribution in [1.29, 1.82) is 0 Å². The van der Waals surface area contributed by atoms with E-state index in [1.807, 2.05) is 83.1 Å². The lowest BCUT2D eigenvalue weighted by Crippen LogP contribution is -2.49. The van der Waals surface area contributed by atoms with Crippen LogP contribution in [-0.2, 0) is 0 Å². The zero-order chi connectivity index (χ0) is 25.4. The Morgan fingerprint density at radius 3 is 2.27 bits per heavy atom. The number of anilines is 1. The summed E-state index contributed by atoms with van der Waals surface area (Å²) in [7, 11) is 0. The maximum Gasteiger partial charge on any atom is 0.253 e. The molecule has 0 aliphatic carbocycles. The highest BCUT2D eigenvalue weighted by Crippen LogP contribution is 2.38. The minimum Gasteiger partial charge on any atom is -0.352 e. The smallest absolute Gasteiger partial charge is 0.253 e. The molecular weight excluding hydrogens is 482 g/mol. The summed E-state index contributed by atoms with van der Waals surface area (Å²) < 4.78 is 2.04. The molecule has 0 unspecified atom stereocenters. The average Bonchev–Trinajstić information content (AvgIpc) is 3.34. The molecule has 3 aromatic carbocycles. The summed E-state index contributed by atoms with van der Waals surface area (Å²) in [5, 5.41) is 1.63. The van der Waals surface area contributed by atoms with Gasteiger partial charge in [-0.05, 0) is 36.8 Å². The van der Waals surface area contributed by atoms with E-state index in [1.165, 1.54) is 0 Å². The molecule has 0 N–H and O–H groups in total. The Kier molecular flexibility index (Phi) is 6.10. The fourth-order valence-electron chi connectivity index (χ4n) is 4.95. The van der Waals surface area contributed by atoms with Crippen molar-refractivity contribution < 1.29 is 4.79 Å². The topological polar surface area (TPSA) is 54.3 Å². The molecule has 0 bridgehead atoms. The zero-order valence-electron chi connectivity index (χ0n) is 20.5. The third-order valence-electron chi connectivity index (χ3n) is 6.92. The van der Waals surface area contributed by atoms with Crippen LogP contribution in [0.25, 0.3) is 27.8 Å². The molecule has 5 aromatic rings. The highest BCUT2D eigenvalue weighted by Gasteiger charge is 2.26. The molecule has 6 nitrogen and oxygen atoms in total. The van der Waals surface area contributed by atoms with Crippen LogP contribution in [0.15, 0.2) is 91.4 Å². The molecule has 2 aromatic heterocycles. The van der Waals surface area contributed by atoms with E-state index in [0.717, 1.165) is 44.8 Å². The van der Waals surface area contributed by atoms with Crippen LogP contribution >= 0.6 is 11.6 Å². The number of hydrogen-bond acceptors (Lipinski definition) is 4. The average molecular weight is 508 g/mol. The number of piperazine rings is 1. The van der Waals surface area contributed by atoms with Crippen molar-refractivity contribution in [3.8, 4) is 16.8 Å². The number of aromatic nitrogens is 3. The first-order valence-corrected chi connectivity index (χ1v) is 12.8. The quantitative estimate of drug-likeness (QED) is 0.299. The molecular formula is C30H26ClN5O. The SMILES string of the molecule is Cc1ccc(C(=O)N2CCN(c3ncnc4c3c(-c3ccccc3)cn4-c3ccccc3Cl)CC2)cc1. The third-order valence-corrected chi connectivity index (χ3v) is 7.24. The Labute approximate surface area is 220 Å². The number of nitrogens with zero attached hydrogens (tertiary/aromatic N) is 5. The van der Waals surface area contributed by atoms with Crippen molar-refractivity contribution >= 4 is 34.4 Å². The number of para-hydroxylation sites is 1. The largest absolute Gasteiger partial charge is 0.352 e. The standard InChI is InChI=1S/C30H26ClN5O/c1-21-11-13-23(14-12-21)30(37)35-17-15-34(16-18-35)28-27-24(22-7-3-2-4-8-22)19-36(29(27)33-20-32-28)26-10-6-5-9-25(26)31/h2-14,19-20H,15-18H2,1H3. The Balaban J connectivity index is 1.38. The number of hydrogen-bond donors (Lipinski definition) is 0. The van der Waals surface area contributed by atoms with E-state index in [1.54, 1.807) is 6.33 Å². The van der Waals surface area contributed by atoms with Crippen molar-refractivity contribution in [1.82, 2.24) is 19.4 Å². The van der Waals surface area contributed by atoms with Gasteiger partial charge in [0, 0.05) is 43.5 Å². The van der Waals surface area contributed by atoms with Gasteiger partial charge in [0.2, 0.25) is 0 Å². The number of aryl methyl sites for hydroxylation is 1. The first-order chi connectivity index (χ1) is 18.1. The van der Waals surface area contributed by atoms with Gasteiger partial charge in [-0.25, -0.2) is 9.97 Å². The van der Waals surface area contributed by atoms with Crippen molar-refractivity contribution in [2.75, 3.05) is 31.1 Å². The Morgan fingerprint density at radius 2 is 1.54 bits per heavy atom. The van der Waals surface area contributed by atoms with Crippen LogP contribution in [-0.4, -0.2) is 51.5 Å². The normalized spacial score (nSPS) is 13.8. The summed E-state index contributed by atoms with van der Waals surface area (Å²) in [5.74, 6) is 0.944. The molecule has 0 spiro atoms. The van der Waals surface area contributed by atoms with Crippen LogP contribution < -0.4 is 4.90 Å². The lowest BCUT2D eigenvalue weighted by molar-refractivity contribution is 0.0746. The second-order valence-electron chi connectivity index (χ2n) is 9.27. The minimum atomic E-state index is 0.0716. The summed E-state index contributed by atoms with van der Waals surface area (Å²) in [5.41, 5.74) is 5.68. The predicted octanol–water partition coefficient (Wildman–Crippen LogP) is 6.01. The maximum absolute atomic E-state index is 13.1. The van der Waals surface area contributed by atoms with Crippen LogP contribution in [0.1, 0.15) is 15.9 Å². The van der Waals surface area contributed by atoms with E-state index in [-0.39, 0.29) is 5.91 Å². The molecule has 0 saturated carbocycles. The number of benzene rings is 3. The summed E-state index contributed by atoms with van der Waals surface area (Å²) in [6.07, 6.45) is 3.71. The van der Waals surface area contributed by atoms with Crippen molar-refractivity contribution in [2.45, 2.75) is 6.92 Å². The molecule has 1 aliphatic heterocycles. The number of carbonyl (C=O) groups is 1. The van der Waals surface area contributed by atoms with Gasteiger partial charge < -0.3 is 9.80 Å². The van der Waals surface area contributed by atoms with Crippen LogP contribution in [0, 0.1) is 6.92 Å². The number of rotatable bonds is 4. The fourth-order valence-corrected chi connectivity index (χ4v) is 5.18. The van der Waals surface area contributed by atoms with E-state index < -0.39 is 0 Å². The minimum absolute atomic E-state index is 0.0716. The molecule has 37 heavy (non-hydrogen) atoms. The van der Waals surface area contributed by atoms with E-state index in [4.69, 9.17) is 21.6 Å². The fraction of sp³-hybridized carbons (Fsp3) is 0.167. The predicted molar refractivity (Wildman–Crippen MR) is 149 cm³/mol. The van der Waals surface area contributed by atoms with Gasteiger partial charge in [-0.1, -0.05) is 71.8 Å². The van der Waals surface area contributed by atoms with Gasteiger partial charge in [-0.2, -0.15) is 0 Å². The number of carbonyl (C=O) groups excluding carboxylic acids is 1. The molecule has 1 amide bonds. The van der Waals surface area contributed by atoms with Crippen molar-refractivity contribution in [3.05, 3.63) is 108 Å². The molecule has 0 radical (unpaired) electrons. The molecule has 1 fully saturated rings. The molecule has 7 heteroatoms. The summed E-state index contributed by atoms with van der Waals surface area (Å²) in [6.45, 7) is 4.66. The molecule has 3 heterocycles. The Hall–Kier alpha value is -4.16. The van der Waals surface area contributed by atoms with Crippen LogP contribution in [0.4, 0.5) is 5.82 Å². The van der Waals surface area contributed by atoms with Gasteiger partial charge in [0.05, 0.1) is 16.1 Å². The molecule has 1 aliphatic rings. The van der Waals surface area contributed by atoms with Crippen LogP contribution in [0.5, 0.6) is 0 Å². The Morgan fingerprint density at radius 1 is 0.838 bits per heavy atom. The maximum atomic E-state index is 13.1. The van der Waals surface area contributed by atoms with Crippen molar-refractivity contribution in [3.63, 3.8) is 0 Å². The van der Waals surface area contributed by atoms with Crippen LogP contribution in [0.2, 0.25) is 5.02 Å². The molecule has 1 saturated heterocycles. The van der Waals surface area contributed by atoms with Crippen LogP contribution in [0.3, 0.4) is 0 Å². The van der Waals surface area contributed by atoms with Gasteiger partial charge in [-0.3, -0.25) is 9.36 Å². The number of halogens is 1. The van der Waals surface area contributed by atoms with Gasteiger partial charge in [0.25, 0.3) is 5.91 Å². The molecule has 184 valence electrons. The first-order valence-electron chi connectivity index (χ1n) is 12.4. The third kappa shape index (κ3) is 4.34. The number of amides is 1. The van der Waals surface area contributed by atoms with Crippen molar-refractivity contribution in [2.24, 2.45) is 0 Å². The molecule has 0 atom stereocenters. The van der Waals surface area contributed by atoms with Gasteiger partial charge in [0.1, 0.15) is 12.1 Å². The zero-order valence-corrected chi connectivity index (χ0v) is 21.3. The summed E-state index contributed by atoms with van der Waals surface area (Å²) in [4.78, 5) is 26.7. The van der Waals surface area contributed by atoms with E-state index in [9.17, 15) is 4.79 Å². The van der Waals surface area contributed by atoms with Gasteiger partial charge >= 0.3 is 0 Å². The first kappa shape index (κ1) is 23.3. The second kappa shape index (κ2) is 9.71. The van der Waals surface area contributed by atoms with E-state index >= 15 is 0 Å². The summed E-state index contributed by atoms with van der Waals surface area (Å²) in [6, 6.07) is 25.8. The Bertz CT molecular complexity index is 1570. The van der Waals surface area contributed by atoms with Gasteiger partial charge in [-0.15, -0.1) is 0 Å². The highest BCUT2D eigenvalue weighted by molar-refractivity contribution is 6.32. The monoisotopic (exact) mass is 507 g/mol.